The second-order valence-corrected chi connectivity index (χ2v) is 7.11. The minimum atomic E-state index is -0.319. The summed E-state index contributed by atoms with van der Waals surface area (Å²) in [5.74, 6) is 1.58. The van der Waals surface area contributed by atoms with Gasteiger partial charge in [-0.2, -0.15) is 0 Å². The van der Waals surface area contributed by atoms with E-state index in [4.69, 9.17) is 15.2 Å². The van der Waals surface area contributed by atoms with Crippen LogP contribution >= 0.6 is 0 Å². The Labute approximate surface area is 153 Å². The molecule has 0 unspecified atom stereocenters. The van der Waals surface area contributed by atoms with Gasteiger partial charge in [0, 0.05) is 5.69 Å². The number of benzene rings is 2. The number of anilines is 1. The van der Waals surface area contributed by atoms with Crippen LogP contribution in [0.2, 0.25) is 0 Å². The number of fused-ring (bicyclic) bond motifs is 1. The number of ether oxygens (including phenoxy) is 2. The highest BCUT2D eigenvalue weighted by atomic mass is 16.6. The number of nitrogens with one attached hydrogen (secondary N) is 1. The van der Waals surface area contributed by atoms with Crippen LogP contribution in [0.5, 0.6) is 11.5 Å². The zero-order valence-electron chi connectivity index (χ0n) is 14.8. The molecule has 1 aliphatic heterocycles. The summed E-state index contributed by atoms with van der Waals surface area (Å²) in [6, 6.07) is 13.5. The van der Waals surface area contributed by atoms with E-state index in [9.17, 15) is 4.79 Å². The predicted molar refractivity (Wildman–Crippen MR) is 100 cm³/mol. The molecule has 136 valence electrons. The van der Waals surface area contributed by atoms with Crippen molar-refractivity contribution in [1.82, 2.24) is 5.32 Å². The van der Waals surface area contributed by atoms with Crippen molar-refractivity contribution in [3.05, 3.63) is 53.6 Å². The van der Waals surface area contributed by atoms with E-state index in [1.807, 2.05) is 36.4 Å². The molecule has 0 radical (unpaired) electrons. The summed E-state index contributed by atoms with van der Waals surface area (Å²) in [4.78, 5) is 12.7. The van der Waals surface area contributed by atoms with E-state index in [0.717, 1.165) is 48.3 Å². The van der Waals surface area contributed by atoms with Crippen molar-refractivity contribution >= 4 is 11.6 Å². The van der Waals surface area contributed by atoms with E-state index in [1.165, 1.54) is 0 Å². The van der Waals surface area contributed by atoms with E-state index in [-0.39, 0.29) is 11.4 Å². The fraction of sp³-hybridized carbons (Fsp3) is 0.381. The number of rotatable bonds is 4. The van der Waals surface area contributed by atoms with Crippen LogP contribution < -0.4 is 20.5 Å². The van der Waals surface area contributed by atoms with Crippen LogP contribution in [-0.2, 0) is 16.8 Å². The van der Waals surface area contributed by atoms with Gasteiger partial charge in [0.15, 0.2) is 11.5 Å². The second kappa shape index (κ2) is 6.90. The Hall–Kier alpha value is -2.69. The van der Waals surface area contributed by atoms with Gasteiger partial charge in [-0.15, -0.1) is 0 Å². The molecule has 5 heteroatoms. The lowest BCUT2D eigenvalue weighted by atomic mass is 9.87. The van der Waals surface area contributed by atoms with Crippen molar-refractivity contribution in [3.63, 3.8) is 0 Å². The van der Waals surface area contributed by atoms with Gasteiger partial charge >= 0.3 is 0 Å². The highest BCUT2D eigenvalue weighted by molar-refractivity contribution is 5.79. The minimum absolute atomic E-state index is 0.0339. The largest absolute Gasteiger partial charge is 0.486 e. The summed E-state index contributed by atoms with van der Waals surface area (Å²) < 4.78 is 11.4. The van der Waals surface area contributed by atoms with Crippen molar-refractivity contribution in [2.45, 2.75) is 37.6 Å². The first-order chi connectivity index (χ1) is 12.6. The lowest BCUT2D eigenvalue weighted by Crippen LogP contribution is -2.44. The Bertz CT molecular complexity index is 795. The molecule has 1 aliphatic carbocycles. The molecule has 0 saturated heterocycles. The zero-order valence-corrected chi connectivity index (χ0v) is 14.8. The highest BCUT2D eigenvalue weighted by Gasteiger charge is 2.37. The molecule has 0 bridgehead atoms. The summed E-state index contributed by atoms with van der Waals surface area (Å²) in [6.45, 7) is 1.14. The molecule has 2 aromatic rings. The molecule has 0 aromatic heterocycles. The van der Waals surface area contributed by atoms with Gasteiger partial charge < -0.3 is 20.5 Å². The third-order valence-electron chi connectivity index (χ3n) is 5.27. The first-order valence-electron chi connectivity index (χ1n) is 9.20. The lowest BCUT2D eigenvalue weighted by molar-refractivity contribution is -0.122. The molecule has 0 spiro atoms. The van der Waals surface area contributed by atoms with Crippen LogP contribution in [-0.4, -0.2) is 19.1 Å². The number of hydrogen-bond acceptors (Lipinski definition) is 4. The molecule has 1 saturated carbocycles. The summed E-state index contributed by atoms with van der Waals surface area (Å²) in [5.41, 5.74) is 8.17. The molecule has 2 aromatic carbocycles. The molecular formula is C21H24N2O3. The Balaban J connectivity index is 1.54. The third-order valence-corrected chi connectivity index (χ3v) is 5.27. The molecular weight excluding hydrogens is 328 g/mol. The van der Waals surface area contributed by atoms with Gasteiger partial charge in [-0.05, 0) is 48.2 Å². The summed E-state index contributed by atoms with van der Waals surface area (Å²) in [5, 5.41) is 3.31. The maximum absolute atomic E-state index is 12.7. The molecule has 26 heavy (non-hydrogen) atoms. The minimum Gasteiger partial charge on any atom is -0.486 e. The van der Waals surface area contributed by atoms with Crippen LogP contribution in [0.25, 0.3) is 0 Å². The van der Waals surface area contributed by atoms with Crippen LogP contribution in [0.4, 0.5) is 5.69 Å². The maximum atomic E-state index is 12.7. The standard InChI is InChI=1S/C21H24N2O3/c22-17-6-3-15(4-7-17)13-20(24)23-21(9-1-2-10-21)16-5-8-18-19(14-16)26-12-11-25-18/h3-8,14H,1-2,9-13,22H2,(H,23,24). The average molecular weight is 352 g/mol. The summed E-state index contributed by atoms with van der Waals surface area (Å²) in [6.07, 6.45) is 4.46. The van der Waals surface area contributed by atoms with E-state index in [1.54, 1.807) is 0 Å². The van der Waals surface area contributed by atoms with E-state index in [0.29, 0.717) is 25.3 Å². The molecule has 3 N–H and O–H groups in total. The second-order valence-electron chi connectivity index (χ2n) is 7.11. The van der Waals surface area contributed by atoms with Crippen LogP contribution in [0.3, 0.4) is 0 Å². The van der Waals surface area contributed by atoms with Crippen LogP contribution in [0.1, 0.15) is 36.8 Å². The highest BCUT2D eigenvalue weighted by Crippen LogP contribution is 2.42. The molecule has 0 atom stereocenters. The molecule has 4 rings (SSSR count). The van der Waals surface area contributed by atoms with E-state index in [2.05, 4.69) is 11.4 Å². The molecule has 1 fully saturated rings. The van der Waals surface area contributed by atoms with E-state index >= 15 is 0 Å². The molecule has 1 amide bonds. The van der Waals surface area contributed by atoms with E-state index < -0.39 is 0 Å². The Morgan fingerprint density at radius 1 is 1.00 bits per heavy atom. The SMILES string of the molecule is Nc1ccc(CC(=O)NC2(c3ccc4c(c3)OCCO4)CCCC2)cc1. The van der Waals surface area contributed by atoms with Gasteiger partial charge in [0.05, 0.1) is 12.0 Å². The van der Waals surface area contributed by atoms with Crippen molar-refractivity contribution in [3.8, 4) is 11.5 Å². The number of amides is 1. The van der Waals surface area contributed by atoms with Gasteiger partial charge in [0.1, 0.15) is 13.2 Å². The predicted octanol–water partition coefficient (Wildman–Crippen LogP) is 3.17. The van der Waals surface area contributed by atoms with Gasteiger partial charge in [0.2, 0.25) is 5.91 Å². The summed E-state index contributed by atoms with van der Waals surface area (Å²) in [7, 11) is 0. The smallest absolute Gasteiger partial charge is 0.225 e. The lowest BCUT2D eigenvalue weighted by Gasteiger charge is -2.32. The van der Waals surface area contributed by atoms with Gasteiger partial charge in [0.25, 0.3) is 0 Å². The quantitative estimate of drug-likeness (QED) is 0.829. The van der Waals surface area contributed by atoms with Gasteiger partial charge in [-0.25, -0.2) is 0 Å². The van der Waals surface area contributed by atoms with Crippen LogP contribution in [0.15, 0.2) is 42.5 Å². The number of carbonyl (C=O) groups is 1. The third kappa shape index (κ3) is 3.34. The average Bonchev–Trinajstić information content (AvgIpc) is 3.13. The Morgan fingerprint density at radius 3 is 2.42 bits per heavy atom. The van der Waals surface area contributed by atoms with Crippen LogP contribution in [0, 0.1) is 0 Å². The zero-order chi connectivity index (χ0) is 18.0. The Morgan fingerprint density at radius 2 is 1.69 bits per heavy atom. The molecule has 2 aliphatic rings. The fourth-order valence-corrected chi connectivity index (χ4v) is 3.94. The van der Waals surface area contributed by atoms with Crippen molar-refractivity contribution in [2.24, 2.45) is 0 Å². The van der Waals surface area contributed by atoms with Crippen molar-refractivity contribution in [1.29, 1.82) is 0 Å². The van der Waals surface area contributed by atoms with Gasteiger partial charge in [-0.3, -0.25) is 4.79 Å². The maximum Gasteiger partial charge on any atom is 0.225 e. The first-order valence-corrected chi connectivity index (χ1v) is 9.20. The monoisotopic (exact) mass is 352 g/mol. The number of nitrogens with two attached hydrogens (primary N) is 1. The Kier molecular flexibility index (Phi) is 4.45. The molecule has 5 nitrogen and oxygen atoms in total. The van der Waals surface area contributed by atoms with Gasteiger partial charge in [-0.1, -0.05) is 31.0 Å². The fourth-order valence-electron chi connectivity index (χ4n) is 3.94. The number of carbonyl (C=O) groups excluding carboxylic acids is 1. The van der Waals surface area contributed by atoms with Crippen molar-refractivity contribution in [2.75, 3.05) is 18.9 Å². The normalized spacial score (nSPS) is 17.7. The molecule has 1 heterocycles. The topological polar surface area (TPSA) is 73.6 Å². The number of nitrogen functional groups attached to an aromatic ring is 1. The number of hydrogen-bond donors (Lipinski definition) is 2. The van der Waals surface area contributed by atoms with Crippen molar-refractivity contribution < 1.29 is 14.3 Å². The summed E-state index contributed by atoms with van der Waals surface area (Å²) >= 11 is 0. The first kappa shape index (κ1) is 16.8.